The van der Waals surface area contributed by atoms with Crippen molar-refractivity contribution in [2.24, 2.45) is 0 Å². The summed E-state index contributed by atoms with van der Waals surface area (Å²) in [5.74, 6) is -0.213. The van der Waals surface area contributed by atoms with E-state index in [2.05, 4.69) is 10.3 Å². The molecule has 1 aromatic heterocycles. The third kappa shape index (κ3) is 2.84. The Kier molecular flexibility index (Phi) is 3.53. The number of aryl methyl sites for hydroxylation is 1. The first-order chi connectivity index (χ1) is 10.0. The Labute approximate surface area is 130 Å². The average molecular weight is 318 g/mol. The highest BCUT2D eigenvalue weighted by Crippen LogP contribution is 2.26. The molecule has 21 heavy (non-hydrogen) atoms. The molecule has 3 aromatic rings. The molecule has 0 atom stereocenters. The molecule has 1 amide bonds. The van der Waals surface area contributed by atoms with Gasteiger partial charge in [0.05, 0.1) is 20.9 Å². The number of carbonyl (C=O) groups excluding carboxylic acids is 1. The molecular weight excluding hydrogens is 306 g/mol. The fourth-order valence-corrected chi connectivity index (χ4v) is 3.06. The number of amides is 1. The Morgan fingerprint density at radius 2 is 2.10 bits per heavy atom. The normalized spacial score (nSPS) is 10.8. The number of nitrogens with two attached hydrogens (primary N) is 1. The zero-order chi connectivity index (χ0) is 15.0. The van der Waals surface area contributed by atoms with Crippen LogP contribution in [0.5, 0.6) is 0 Å². The van der Waals surface area contributed by atoms with Gasteiger partial charge in [-0.1, -0.05) is 29.0 Å². The summed E-state index contributed by atoms with van der Waals surface area (Å²) in [6, 6.07) is 10.8. The highest BCUT2D eigenvalue weighted by molar-refractivity contribution is 7.22. The van der Waals surface area contributed by atoms with Gasteiger partial charge in [0.1, 0.15) is 0 Å². The van der Waals surface area contributed by atoms with E-state index in [0.29, 0.717) is 21.4 Å². The summed E-state index contributed by atoms with van der Waals surface area (Å²) in [5, 5.41) is 3.82. The number of benzene rings is 2. The molecule has 6 heteroatoms. The number of fused-ring (bicyclic) bond motifs is 1. The predicted molar refractivity (Wildman–Crippen MR) is 88.2 cm³/mol. The molecule has 0 aliphatic rings. The second-order valence-electron chi connectivity index (χ2n) is 4.67. The third-order valence-corrected chi connectivity index (χ3v) is 4.20. The smallest absolute Gasteiger partial charge is 0.255 e. The summed E-state index contributed by atoms with van der Waals surface area (Å²) in [6.07, 6.45) is 0. The number of halogens is 1. The van der Waals surface area contributed by atoms with E-state index in [-0.39, 0.29) is 5.91 Å². The van der Waals surface area contributed by atoms with Crippen molar-refractivity contribution < 1.29 is 4.79 Å². The molecule has 0 bridgehead atoms. The number of anilines is 2. The van der Waals surface area contributed by atoms with Crippen molar-refractivity contribution >= 4 is 49.9 Å². The topological polar surface area (TPSA) is 68.0 Å². The van der Waals surface area contributed by atoms with Crippen LogP contribution in [-0.2, 0) is 0 Å². The van der Waals surface area contributed by atoms with Crippen molar-refractivity contribution in [3.05, 3.63) is 52.5 Å². The molecule has 0 aliphatic heterocycles. The molecule has 3 N–H and O–H groups in total. The minimum atomic E-state index is -0.213. The van der Waals surface area contributed by atoms with E-state index in [9.17, 15) is 4.79 Å². The lowest BCUT2D eigenvalue weighted by Crippen LogP contribution is -2.12. The highest BCUT2D eigenvalue weighted by atomic mass is 35.5. The molecule has 106 valence electrons. The van der Waals surface area contributed by atoms with Gasteiger partial charge >= 0.3 is 0 Å². The van der Waals surface area contributed by atoms with E-state index in [1.165, 1.54) is 11.3 Å². The van der Waals surface area contributed by atoms with Crippen LogP contribution in [0, 0.1) is 6.92 Å². The summed E-state index contributed by atoms with van der Waals surface area (Å²) >= 11 is 7.48. The van der Waals surface area contributed by atoms with Crippen molar-refractivity contribution in [2.75, 3.05) is 11.1 Å². The lowest BCUT2D eigenvalue weighted by atomic mass is 10.2. The van der Waals surface area contributed by atoms with Crippen LogP contribution in [0.3, 0.4) is 0 Å². The molecule has 4 nitrogen and oxygen atoms in total. The number of hydrogen-bond donors (Lipinski definition) is 2. The zero-order valence-electron chi connectivity index (χ0n) is 11.2. The summed E-state index contributed by atoms with van der Waals surface area (Å²) in [6.45, 7) is 1.94. The van der Waals surface area contributed by atoms with Gasteiger partial charge in [-0.3, -0.25) is 4.79 Å². The maximum absolute atomic E-state index is 12.3. The lowest BCUT2D eigenvalue weighted by molar-refractivity contribution is 0.102. The zero-order valence-corrected chi connectivity index (χ0v) is 12.8. The highest BCUT2D eigenvalue weighted by Gasteiger charge is 2.10. The molecule has 0 saturated heterocycles. The Morgan fingerprint density at radius 3 is 2.86 bits per heavy atom. The summed E-state index contributed by atoms with van der Waals surface area (Å²) in [7, 11) is 0. The second kappa shape index (κ2) is 5.35. The summed E-state index contributed by atoms with van der Waals surface area (Å²) in [4.78, 5) is 16.4. The Balaban J connectivity index is 1.89. The van der Waals surface area contributed by atoms with Gasteiger partial charge in [-0.2, -0.15) is 0 Å². The summed E-state index contributed by atoms with van der Waals surface area (Å²) in [5.41, 5.74) is 8.64. The van der Waals surface area contributed by atoms with E-state index >= 15 is 0 Å². The Bertz CT molecular complexity index is 844. The van der Waals surface area contributed by atoms with Gasteiger partial charge in [-0.25, -0.2) is 4.98 Å². The lowest BCUT2D eigenvalue weighted by Gasteiger charge is -2.08. The number of nitrogens with zero attached hydrogens (tertiary/aromatic N) is 1. The first kappa shape index (κ1) is 13.9. The van der Waals surface area contributed by atoms with Gasteiger partial charge in [0.15, 0.2) is 5.13 Å². The standard InChI is InChI=1S/C15H12ClN3OS/c1-8-2-4-11(10(16)6-8)18-14(20)9-3-5-12-13(7-9)21-15(17)19-12/h2-7H,1H3,(H2,17,19)(H,18,20). The van der Waals surface area contributed by atoms with Crippen LogP contribution in [0.2, 0.25) is 5.02 Å². The van der Waals surface area contributed by atoms with Crippen LogP contribution < -0.4 is 11.1 Å². The Hall–Kier alpha value is -2.11. The number of rotatable bonds is 2. The molecule has 0 aliphatic carbocycles. The number of hydrogen-bond acceptors (Lipinski definition) is 4. The van der Waals surface area contributed by atoms with E-state index in [1.807, 2.05) is 19.1 Å². The number of thiazole rings is 1. The number of aromatic nitrogens is 1. The van der Waals surface area contributed by atoms with Gasteiger partial charge in [0, 0.05) is 5.56 Å². The number of nitrogen functional groups attached to an aromatic ring is 1. The van der Waals surface area contributed by atoms with Crippen LogP contribution >= 0.6 is 22.9 Å². The second-order valence-corrected chi connectivity index (χ2v) is 6.14. The molecular formula is C15H12ClN3OS. The van der Waals surface area contributed by atoms with Crippen molar-refractivity contribution in [1.29, 1.82) is 0 Å². The van der Waals surface area contributed by atoms with Crippen molar-refractivity contribution in [2.45, 2.75) is 6.92 Å². The van der Waals surface area contributed by atoms with E-state index in [1.54, 1.807) is 24.3 Å². The molecule has 0 fully saturated rings. The first-order valence-corrected chi connectivity index (χ1v) is 7.46. The van der Waals surface area contributed by atoms with Crippen molar-refractivity contribution in [1.82, 2.24) is 4.98 Å². The predicted octanol–water partition coefficient (Wildman–Crippen LogP) is 4.09. The van der Waals surface area contributed by atoms with Crippen LogP contribution in [0.1, 0.15) is 15.9 Å². The van der Waals surface area contributed by atoms with Gasteiger partial charge < -0.3 is 11.1 Å². The van der Waals surface area contributed by atoms with Crippen LogP contribution in [0.25, 0.3) is 10.2 Å². The van der Waals surface area contributed by atoms with Gasteiger partial charge in [0.2, 0.25) is 0 Å². The molecule has 2 aromatic carbocycles. The fraction of sp³-hybridized carbons (Fsp3) is 0.0667. The minimum Gasteiger partial charge on any atom is -0.375 e. The maximum Gasteiger partial charge on any atom is 0.255 e. The number of nitrogens with one attached hydrogen (secondary N) is 1. The van der Waals surface area contributed by atoms with Crippen LogP contribution in [0.4, 0.5) is 10.8 Å². The van der Waals surface area contributed by atoms with E-state index < -0.39 is 0 Å². The Morgan fingerprint density at radius 1 is 1.29 bits per heavy atom. The monoisotopic (exact) mass is 317 g/mol. The van der Waals surface area contributed by atoms with Crippen LogP contribution in [0.15, 0.2) is 36.4 Å². The van der Waals surface area contributed by atoms with Crippen LogP contribution in [-0.4, -0.2) is 10.9 Å². The van der Waals surface area contributed by atoms with Gasteiger partial charge in [0.25, 0.3) is 5.91 Å². The first-order valence-electron chi connectivity index (χ1n) is 6.26. The summed E-state index contributed by atoms with van der Waals surface area (Å²) < 4.78 is 0.884. The van der Waals surface area contributed by atoms with E-state index in [0.717, 1.165) is 15.8 Å². The average Bonchev–Trinajstić information content (AvgIpc) is 2.80. The van der Waals surface area contributed by atoms with Crippen molar-refractivity contribution in [3.8, 4) is 0 Å². The van der Waals surface area contributed by atoms with Gasteiger partial charge in [-0.05, 0) is 42.8 Å². The molecule has 1 heterocycles. The SMILES string of the molecule is Cc1ccc(NC(=O)c2ccc3nc(N)sc3c2)c(Cl)c1. The molecule has 0 spiro atoms. The molecule has 0 saturated carbocycles. The molecule has 3 rings (SSSR count). The third-order valence-electron chi connectivity index (χ3n) is 3.04. The van der Waals surface area contributed by atoms with Crippen molar-refractivity contribution in [3.63, 3.8) is 0 Å². The van der Waals surface area contributed by atoms with Gasteiger partial charge in [-0.15, -0.1) is 0 Å². The largest absolute Gasteiger partial charge is 0.375 e. The minimum absolute atomic E-state index is 0.213. The fourth-order valence-electron chi connectivity index (χ4n) is 2.00. The molecule has 0 unspecified atom stereocenters. The quantitative estimate of drug-likeness (QED) is 0.748. The molecule has 0 radical (unpaired) electrons. The van der Waals surface area contributed by atoms with E-state index in [4.69, 9.17) is 17.3 Å². The maximum atomic E-state index is 12.3. The number of carbonyl (C=O) groups is 1.